The number of aliphatic carboxylic acids is 1. The number of carbonyl (C=O) groups excluding carboxylic acids is 1. The van der Waals surface area contributed by atoms with Crippen molar-refractivity contribution in [1.29, 1.82) is 0 Å². The lowest BCUT2D eigenvalue weighted by atomic mass is 10.1. The predicted molar refractivity (Wildman–Crippen MR) is 67.8 cm³/mol. The van der Waals surface area contributed by atoms with Gasteiger partial charge < -0.3 is 9.84 Å². The molecule has 0 unspecified atom stereocenters. The molecule has 0 heterocycles. The van der Waals surface area contributed by atoms with Crippen LogP contribution in [0.1, 0.15) is 54.4 Å². The molecule has 0 aliphatic carbocycles. The highest BCUT2D eigenvalue weighted by Gasteiger charge is 2.06. The molecule has 0 amide bonds. The first kappa shape index (κ1) is 18.3. The molecule has 0 aliphatic heterocycles. The smallest absolute Gasteiger partial charge is 0.306 e. The van der Waals surface area contributed by atoms with Crippen LogP contribution in [-0.2, 0) is 14.3 Å². The Morgan fingerprint density at radius 3 is 1.53 bits per heavy atom. The van der Waals surface area contributed by atoms with Crippen molar-refractivity contribution in [2.75, 3.05) is 0 Å². The number of carbonyl (C=O) groups is 2. The van der Waals surface area contributed by atoms with E-state index in [9.17, 15) is 9.59 Å². The van der Waals surface area contributed by atoms with Crippen LogP contribution in [0.25, 0.3) is 0 Å². The standard InChI is InChI=1S/C8H16O2.C5H10O2/c1-6(2)5-8(9)10-7(3)4;1-4(2)3-5(6)7/h6-7H,5H2,1-4H3;4H,3H2,1-2H3,(H,6,7). The van der Waals surface area contributed by atoms with Gasteiger partial charge in [0.15, 0.2) is 0 Å². The second-order valence-corrected chi connectivity index (χ2v) is 5.13. The Hall–Kier alpha value is -1.06. The SMILES string of the molecule is CC(C)CC(=O)O.CC(C)CC(=O)OC(C)C. The van der Waals surface area contributed by atoms with E-state index in [1.807, 2.05) is 41.5 Å². The Morgan fingerprint density at radius 2 is 1.35 bits per heavy atom. The van der Waals surface area contributed by atoms with Gasteiger partial charge in [0, 0.05) is 12.8 Å². The van der Waals surface area contributed by atoms with Crippen LogP contribution in [0.5, 0.6) is 0 Å². The molecule has 0 aliphatic rings. The Bertz CT molecular complexity index is 207. The van der Waals surface area contributed by atoms with E-state index in [0.717, 1.165) is 0 Å². The van der Waals surface area contributed by atoms with E-state index in [1.54, 1.807) is 0 Å². The highest BCUT2D eigenvalue weighted by molar-refractivity contribution is 5.69. The first-order chi connectivity index (χ1) is 7.65. The highest BCUT2D eigenvalue weighted by atomic mass is 16.5. The minimum atomic E-state index is -0.713. The summed E-state index contributed by atoms with van der Waals surface area (Å²) in [6.07, 6.45) is 0.823. The zero-order valence-electron chi connectivity index (χ0n) is 11.8. The maximum Gasteiger partial charge on any atom is 0.306 e. The number of carboxylic acids is 1. The van der Waals surface area contributed by atoms with Gasteiger partial charge in [0.05, 0.1) is 6.10 Å². The third-order valence-corrected chi connectivity index (χ3v) is 1.52. The fraction of sp³-hybridized carbons (Fsp3) is 0.846. The summed E-state index contributed by atoms with van der Waals surface area (Å²) in [7, 11) is 0. The second-order valence-electron chi connectivity index (χ2n) is 5.13. The summed E-state index contributed by atoms with van der Waals surface area (Å²) in [5.74, 6) is -0.135. The Morgan fingerprint density at radius 1 is 0.941 bits per heavy atom. The summed E-state index contributed by atoms with van der Waals surface area (Å²) < 4.78 is 4.92. The number of ether oxygens (including phenoxy) is 1. The molecule has 0 radical (unpaired) electrons. The molecule has 0 bridgehead atoms. The quantitative estimate of drug-likeness (QED) is 0.757. The zero-order valence-corrected chi connectivity index (χ0v) is 11.8. The number of carboxylic acid groups (broad SMARTS) is 1. The van der Waals surface area contributed by atoms with E-state index in [0.29, 0.717) is 12.3 Å². The Balaban J connectivity index is 0. The molecule has 102 valence electrons. The van der Waals surface area contributed by atoms with Gasteiger partial charge in [0.25, 0.3) is 0 Å². The second kappa shape index (κ2) is 10.1. The molecule has 0 aromatic heterocycles. The van der Waals surface area contributed by atoms with Crippen molar-refractivity contribution in [3.63, 3.8) is 0 Å². The minimum absolute atomic E-state index is 0.0197. The van der Waals surface area contributed by atoms with E-state index in [1.165, 1.54) is 0 Å². The summed E-state index contributed by atoms with van der Waals surface area (Å²) >= 11 is 0. The zero-order chi connectivity index (χ0) is 14.0. The van der Waals surface area contributed by atoms with Crippen LogP contribution in [0.15, 0.2) is 0 Å². The molecule has 0 spiro atoms. The van der Waals surface area contributed by atoms with Gasteiger partial charge >= 0.3 is 11.9 Å². The van der Waals surface area contributed by atoms with Crippen molar-refractivity contribution >= 4 is 11.9 Å². The van der Waals surface area contributed by atoms with Crippen molar-refractivity contribution in [2.45, 2.75) is 60.5 Å². The van der Waals surface area contributed by atoms with E-state index < -0.39 is 5.97 Å². The van der Waals surface area contributed by atoms with Crippen LogP contribution < -0.4 is 0 Å². The first-order valence-electron chi connectivity index (χ1n) is 6.06. The van der Waals surface area contributed by atoms with Gasteiger partial charge in [0.2, 0.25) is 0 Å². The normalized spacial score (nSPS) is 10.2. The van der Waals surface area contributed by atoms with Gasteiger partial charge in [-0.25, -0.2) is 0 Å². The largest absolute Gasteiger partial charge is 0.481 e. The fourth-order valence-corrected chi connectivity index (χ4v) is 0.994. The summed E-state index contributed by atoms with van der Waals surface area (Å²) in [5, 5.41) is 8.08. The van der Waals surface area contributed by atoms with Crippen molar-refractivity contribution in [2.24, 2.45) is 11.8 Å². The van der Waals surface area contributed by atoms with Crippen molar-refractivity contribution in [3.8, 4) is 0 Å². The molecular weight excluding hydrogens is 220 g/mol. The predicted octanol–water partition coefficient (Wildman–Crippen LogP) is 3.10. The van der Waals surface area contributed by atoms with E-state index in [4.69, 9.17) is 9.84 Å². The highest BCUT2D eigenvalue weighted by Crippen LogP contribution is 2.02. The number of hydrogen-bond donors (Lipinski definition) is 1. The van der Waals surface area contributed by atoms with Gasteiger partial charge in [-0.05, 0) is 25.7 Å². The molecule has 0 aromatic rings. The molecule has 0 rings (SSSR count). The van der Waals surface area contributed by atoms with Gasteiger partial charge in [0.1, 0.15) is 0 Å². The van der Waals surface area contributed by atoms with Crippen LogP contribution >= 0.6 is 0 Å². The van der Waals surface area contributed by atoms with Crippen molar-refractivity contribution in [3.05, 3.63) is 0 Å². The van der Waals surface area contributed by atoms with Crippen molar-refractivity contribution in [1.82, 2.24) is 0 Å². The molecule has 1 N–H and O–H groups in total. The van der Waals surface area contributed by atoms with Gasteiger partial charge in [-0.1, -0.05) is 27.7 Å². The molecule has 17 heavy (non-hydrogen) atoms. The average Bonchev–Trinajstić information content (AvgIpc) is 1.97. The monoisotopic (exact) mass is 246 g/mol. The number of hydrogen-bond acceptors (Lipinski definition) is 3. The third-order valence-electron chi connectivity index (χ3n) is 1.52. The lowest BCUT2D eigenvalue weighted by Crippen LogP contribution is -2.12. The summed E-state index contributed by atoms with van der Waals surface area (Å²) in [4.78, 5) is 20.7. The van der Waals surface area contributed by atoms with Crippen LogP contribution in [0.3, 0.4) is 0 Å². The van der Waals surface area contributed by atoms with E-state index in [2.05, 4.69) is 0 Å². The molecule has 0 aromatic carbocycles. The van der Waals surface area contributed by atoms with Crippen LogP contribution in [-0.4, -0.2) is 23.1 Å². The molecule has 0 atom stereocenters. The van der Waals surface area contributed by atoms with Gasteiger partial charge in [-0.3, -0.25) is 9.59 Å². The lowest BCUT2D eigenvalue weighted by molar-refractivity contribution is -0.148. The van der Waals surface area contributed by atoms with E-state index in [-0.39, 0.29) is 24.4 Å². The first-order valence-corrected chi connectivity index (χ1v) is 6.06. The summed E-state index contributed by atoms with van der Waals surface area (Å²) in [6, 6.07) is 0. The molecule has 4 nitrogen and oxygen atoms in total. The lowest BCUT2D eigenvalue weighted by Gasteiger charge is -2.08. The average molecular weight is 246 g/mol. The summed E-state index contributed by atoms with van der Waals surface area (Å²) in [6.45, 7) is 11.5. The third kappa shape index (κ3) is 20.9. The van der Waals surface area contributed by atoms with Crippen LogP contribution in [0.4, 0.5) is 0 Å². The Kier molecular flexibility index (Phi) is 10.9. The van der Waals surface area contributed by atoms with Crippen LogP contribution in [0.2, 0.25) is 0 Å². The fourth-order valence-electron chi connectivity index (χ4n) is 0.994. The maximum atomic E-state index is 10.8. The topological polar surface area (TPSA) is 63.6 Å². The molecule has 0 fully saturated rings. The Labute approximate surface area is 104 Å². The minimum Gasteiger partial charge on any atom is -0.481 e. The van der Waals surface area contributed by atoms with Gasteiger partial charge in [-0.15, -0.1) is 0 Å². The maximum absolute atomic E-state index is 10.8. The molecular formula is C13H26O4. The van der Waals surface area contributed by atoms with Crippen LogP contribution in [0, 0.1) is 11.8 Å². The molecule has 0 saturated heterocycles. The molecule has 4 heteroatoms. The van der Waals surface area contributed by atoms with Gasteiger partial charge in [-0.2, -0.15) is 0 Å². The number of rotatable bonds is 5. The van der Waals surface area contributed by atoms with Crippen molar-refractivity contribution < 1.29 is 19.4 Å². The number of esters is 1. The van der Waals surface area contributed by atoms with E-state index >= 15 is 0 Å². The summed E-state index contributed by atoms with van der Waals surface area (Å²) in [5.41, 5.74) is 0. The molecule has 0 saturated carbocycles.